The van der Waals surface area contributed by atoms with Crippen LogP contribution in [0.3, 0.4) is 0 Å². The van der Waals surface area contributed by atoms with E-state index in [0.717, 1.165) is 23.1 Å². The summed E-state index contributed by atoms with van der Waals surface area (Å²) in [7, 11) is 0. The molecular formula is C13H15NO. The predicted octanol–water partition coefficient (Wildman–Crippen LogP) is 2.61. The molecule has 0 spiro atoms. The molecule has 1 aromatic carbocycles. The highest BCUT2D eigenvalue weighted by molar-refractivity contribution is 5.90. The molecule has 0 aromatic heterocycles. The average Bonchev–Trinajstić information content (AvgIpc) is 2.26. The van der Waals surface area contributed by atoms with Crippen LogP contribution in [0, 0.1) is 0 Å². The molecule has 2 N–H and O–H groups in total. The van der Waals surface area contributed by atoms with Crippen LogP contribution in [0.2, 0.25) is 0 Å². The van der Waals surface area contributed by atoms with Crippen LogP contribution >= 0.6 is 0 Å². The van der Waals surface area contributed by atoms with Gasteiger partial charge in [-0.3, -0.25) is 4.79 Å². The van der Waals surface area contributed by atoms with Crippen LogP contribution in [0.4, 0.5) is 0 Å². The van der Waals surface area contributed by atoms with Crippen molar-refractivity contribution < 1.29 is 4.79 Å². The monoisotopic (exact) mass is 201 g/mol. The molecule has 0 saturated carbocycles. The third kappa shape index (κ3) is 3.43. The van der Waals surface area contributed by atoms with Crippen molar-refractivity contribution in [2.24, 2.45) is 5.73 Å². The Morgan fingerprint density at radius 1 is 1.40 bits per heavy atom. The molecule has 78 valence electrons. The molecule has 0 atom stereocenters. The van der Waals surface area contributed by atoms with Gasteiger partial charge in [-0.1, -0.05) is 37.8 Å². The number of hydrogen-bond donors (Lipinski definition) is 1. The number of carbonyl (C=O) groups excluding carboxylic acids is 1. The molecule has 0 bridgehead atoms. The Morgan fingerprint density at radius 2 is 2.00 bits per heavy atom. The van der Waals surface area contributed by atoms with Gasteiger partial charge in [-0.2, -0.15) is 0 Å². The minimum Gasteiger partial charge on any atom is -0.366 e. The topological polar surface area (TPSA) is 43.1 Å². The molecule has 0 heterocycles. The van der Waals surface area contributed by atoms with Crippen LogP contribution < -0.4 is 5.73 Å². The maximum Gasteiger partial charge on any atom is 0.241 e. The average molecular weight is 201 g/mol. The highest BCUT2D eigenvalue weighted by Crippen LogP contribution is 2.16. The standard InChI is InChI=1S/C13H15NO/c1-3-10(2)12-7-4-11(5-8-12)6-9-13(14)15/h4-9H,2-3H2,1H3,(H2,14,15)/b9-6+. The summed E-state index contributed by atoms with van der Waals surface area (Å²) < 4.78 is 0. The van der Waals surface area contributed by atoms with Crippen molar-refractivity contribution in [2.75, 3.05) is 0 Å². The molecule has 2 heteroatoms. The van der Waals surface area contributed by atoms with E-state index < -0.39 is 5.91 Å². The quantitative estimate of drug-likeness (QED) is 0.747. The Labute approximate surface area is 90.1 Å². The first-order valence-corrected chi connectivity index (χ1v) is 4.89. The zero-order valence-corrected chi connectivity index (χ0v) is 8.86. The molecule has 1 aromatic rings. The van der Waals surface area contributed by atoms with Gasteiger partial charge in [0, 0.05) is 6.08 Å². The highest BCUT2D eigenvalue weighted by Gasteiger charge is 1.95. The number of rotatable bonds is 4. The molecule has 0 radical (unpaired) electrons. The number of nitrogens with two attached hydrogens (primary N) is 1. The number of benzene rings is 1. The lowest BCUT2D eigenvalue weighted by Gasteiger charge is -2.02. The number of hydrogen-bond acceptors (Lipinski definition) is 1. The Bertz CT molecular complexity index is 388. The third-order valence-corrected chi connectivity index (χ3v) is 2.19. The lowest BCUT2D eigenvalue weighted by Crippen LogP contribution is -2.05. The van der Waals surface area contributed by atoms with Gasteiger partial charge < -0.3 is 5.73 Å². The van der Waals surface area contributed by atoms with Crippen LogP contribution in [0.5, 0.6) is 0 Å². The van der Waals surface area contributed by atoms with Crippen LogP contribution in [0.15, 0.2) is 36.9 Å². The first-order chi connectivity index (χ1) is 7.13. The molecule has 0 aliphatic heterocycles. The number of primary amides is 1. The van der Waals surface area contributed by atoms with E-state index >= 15 is 0 Å². The molecule has 1 amide bonds. The summed E-state index contributed by atoms with van der Waals surface area (Å²) in [4.78, 5) is 10.5. The lowest BCUT2D eigenvalue weighted by molar-refractivity contribution is -0.113. The summed E-state index contributed by atoms with van der Waals surface area (Å²) in [6.07, 6.45) is 3.99. The fourth-order valence-corrected chi connectivity index (χ4v) is 1.21. The molecule has 15 heavy (non-hydrogen) atoms. The van der Waals surface area contributed by atoms with E-state index in [2.05, 4.69) is 13.5 Å². The minimum atomic E-state index is -0.433. The van der Waals surface area contributed by atoms with Gasteiger partial charge in [0.1, 0.15) is 0 Å². The largest absolute Gasteiger partial charge is 0.366 e. The lowest BCUT2D eigenvalue weighted by atomic mass is 10.0. The number of amides is 1. The second kappa shape index (κ2) is 5.15. The van der Waals surface area contributed by atoms with Crippen molar-refractivity contribution in [3.63, 3.8) is 0 Å². The van der Waals surface area contributed by atoms with Crippen LogP contribution in [0.25, 0.3) is 11.6 Å². The van der Waals surface area contributed by atoms with Gasteiger partial charge in [-0.25, -0.2) is 0 Å². The van der Waals surface area contributed by atoms with E-state index in [9.17, 15) is 4.79 Å². The maximum absolute atomic E-state index is 10.5. The zero-order chi connectivity index (χ0) is 11.3. The van der Waals surface area contributed by atoms with Crippen LogP contribution in [-0.4, -0.2) is 5.91 Å². The van der Waals surface area contributed by atoms with E-state index in [1.54, 1.807) is 6.08 Å². The smallest absolute Gasteiger partial charge is 0.241 e. The molecule has 0 fully saturated rings. The first kappa shape index (κ1) is 11.2. The van der Waals surface area contributed by atoms with Crippen molar-refractivity contribution in [1.29, 1.82) is 0 Å². The summed E-state index contributed by atoms with van der Waals surface area (Å²) in [5.74, 6) is -0.433. The summed E-state index contributed by atoms with van der Waals surface area (Å²) >= 11 is 0. The highest BCUT2D eigenvalue weighted by atomic mass is 16.1. The van der Waals surface area contributed by atoms with Gasteiger partial charge in [0.2, 0.25) is 5.91 Å². The Morgan fingerprint density at radius 3 is 2.47 bits per heavy atom. The summed E-state index contributed by atoms with van der Waals surface area (Å²) in [6, 6.07) is 7.87. The molecule has 0 saturated heterocycles. The van der Waals surface area contributed by atoms with Crippen molar-refractivity contribution in [3.8, 4) is 0 Å². The van der Waals surface area contributed by atoms with Gasteiger partial charge >= 0.3 is 0 Å². The summed E-state index contributed by atoms with van der Waals surface area (Å²) in [6.45, 7) is 6.03. The van der Waals surface area contributed by atoms with Crippen LogP contribution in [-0.2, 0) is 4.79 Å². The van der Waals surface area contributed by atoms with Crippen LogP contribution in [0.1, 0.15) is 24.5 Å². The predicted molar refractivity (Wildman–Crippen MR) is 64.0 cm³/mol. The first-order valence-electron chi connectivity index (χ1n) is 4.89. The molecule has 0 aliphatic rings. The van der Waals surface area contributed by atoms with Gasteiger partial charge in [0.05, 0.1) is 0 Å². The SMILES string of the molecule is C=C(CC)c1ccc(/C=C/C(N)=O)cc1. The van der Waals surface area contributed by atoms with Crippen molar-refractivity contribution in [3.05, 3.63) is 48.0 Å². The second-order valence-electron chi connectivity index (χ2n) is 3.31. The zero-order valence-electron chi connectivity index (χ0n) is 8.86. The van der Waals surface area contributed by atoms with Crippen molar-refractivity contribution in [2.45, 2.75) is 13.3 Å². The van der Waals surface area contributed by atoms with Crippen molar-refractivity contribution >= 4 is 17.6 Å². The molecular weight excluding hydrogens is 186 g/mol. The summed E-state index contributed by atoms with van der Waals surface area (Å²) in [5, 5.41) is 0. The van der Waals surface area contributed by atoms with Gasteiger partial charge in [0.25, 0.3) is 0 Å². The second-order valence-corrected chi connectivity index (χ2v) is 3.31. The Balaban J connectivity index is 2.81. The molecule has 0 aliphatic carbocycles. The number of allylic oxidation sites excluding steroid dienone is 1. The van der Waals surface area contributed by atoms with Gasteiger partial charge in [0.15, 0.2) is 0 Å². The summed E-state index contributed by atoms with van der Waals surface area (Å²) in [5.41, 5.74) is 8.20. The Kier molecular flexibility index (Phi) is 3.86. The normalized spacial score (nSPS) is 10.5. The fraction of sp³-hybridized carbons (Fsp3) is 0.154. The fourth-order valence-electron chi connectivity index (χ4n) is 1.21. The van der Waals surface area contributed by atoms with E-state index in [0.29, 0.717) is 0 Å². The van der Waals surface area contributed by atoms with E-state index in [1.807, 2.05) is 24.3 Å². The minimum absolute atomic E-state index is 0.433. The van der Waals surface area contributed by atoms with E-state index in [-0.39, 0.29) is 0 Å². The number of carbonyl (C=O) groups is 1. The van der Waals surface area contributed by atoms with Crippen molar-refractivity contribution in [1.82, 2.24) is 0 Å². The maximum atomic E-state index is 10.5. The van der Waals surface area contributed by atoms with Gasteiger partial charge in [-0.05, 0) is 29.2 Å². The molecule has 2 nitrogen and oxygen atoms in total. The molecule has 1 rings (SSSR count). The molecule has 0 unspecified atom stereocenters. The van der Waals surface area contributed by atoms with Gasteiger partial charge in [-0.15, -0.1) is 0 Å². The van der Waals surface area contributed by atoms with E-state index in [1.165, 1.54) is 6.08 Å². The third-order valence-electron chi connectivity index (χ3n) is 2.19. The Hall–Kier alpha value is -1.83. The van der Waals surface area contributed by atoms with E-state index in [4.69, 9.17) is 5.73 Å².